The SMILES string of the molecule is CCC(C)(C#N)C(=O)NCCS(=O)(=O)N(C)C. The molecule has 1 N–H and O–H groups in total. The van der Waals surface area contributed by atoms with Crippen molar-refractivity contribution in [2.45, 2.75) is 20.3 Å². The maximum Gasteiger partial charge on any atom is 0.240 e. The van der Waals surface area contributed by atoms with Crippen LogP contribution in [0.1, 0.15) is 20.3 Å². The lowest BCUT2D eigenvalue weighted by Crippen LogP contribution is -2.41. The number of carbonyl (C=O) groups excluding carboxylic acids is 1. The fraction of sp³-hybridized carbons (Fsp3) is 0.800. The Morgan fingerprint density at radius 2 is 2.00 bits per heavy atom. The molecule has 0 fully saturated rings. The third-order valence-electron chi connectivity index (χ3n) is 2.66. The number of carbonyl (C=O) groups is 1. The summed E-state index contributed by atoms with van der Waals surface area (Å²) < 4.78 is 23.9. The Labute approximate surface area is 103 Å². The number of hydrogen-bond acceptors (Lipinski definition) is 4. The van der Waals surface area contributed by atoms with Crippen LogP contribution in [0.2, 0.25) is 0 Å². The molecule has 0 aliphatic rings. The molecule has 0 saturated heterocycles. The van der Waals surface area contributed by atoms with Gasteiger partial charge in [0, 0.05) is 20.6 Å². The van der Waals surface area contributed by atoms with Crippen molar-refractivity contribution in [1.29, 1.82) is 5.26 Å². The molecule has 0 spiro atoms. The highest BCUT2D eigenvalue weighted by atomic mass is 32.2. The van der Waals surface area contributed by atoms with Crippen molar-refractivity contribution in [3.05, 3.63) is 0 Å². The molecule has 98 valence electrons. The normalized spacial score (nSPS) is 15.1. The maximum atomic E-state index is 11.6. The van der Waals surface area contributed by atoms with E-state index < -0.39 is 21.3 Å². The lowest BCUT2D eigenvalue weighted by Gasteiger charge is -2.19. The molecule has 1 atom stereocenters. The number of amides is 1. The summed E-state index contributed by atoms with van der Waals surface area (Å²) in [6.07, 6.45) is 0.385. The number of nitrogens with one attached hydrogen (secondary N) is 1. The van der Waals surface area contributed by atoms with E-state index in [0.29, 0.717) is 6.42 Å². The number of nitriles is 1. The summed E-state index contributed by atoms with van der Waals surface area (Å²) in [4.78, 5) is 11.6. The van der Waals surface area contributed by atoms with Crippen LogP contribution in [0.4, 0.5) is 0 Å². The molecule has 0 rings (SSSR count). The van der Waals surface area contributed by atoms with E-state index in [0.717, 1.165) is 4.31 Å². The van der Waals surface area contributed by atoms with Crippen LogP contribution in [0.3, 0.4) is 0 Å². The number of sulfonamides is 1. The topological polar surface area (TPSA) is 90.3 Å². The summed E-state index contributed by atoms with van der Waals surface area (Å²) >= 11 is 0. The fourth-order valence-electron chi connectivity index (χ4n) is 0.962. The largest absolute Gasteiger partial charge is 0.354 e. The van der Waals surface area contributed by atoms with E-state index in [9.17, 15) is 13.2 Å². The summed E-state index contributed by atoms with van der Waals surface area (Å²) in [6.45, 7) is 3.28. The average molecular weight is 261 g/mol. The van der Waals surface area contributed by atoms with Gasteiger partial charge in [-0.15, -0.1) is 0 Å². The van der Waals surface area contributed by atoms with Crippen LogP contribution >= 0.6 is 0 Å². The van der Waals surface area contributed by atoms with E-state index in [1.54, 1.807) is 6.92 Å². The molecule has 0 aromatic carbocycles. The Morgan fingerprint density at radius 1 is 1.47 bits per heavy atom. The number of hydrogen-bond donors (Lipinski definition) is 1. The summed E-state index contributed by atoms with van der Waals surface area (Å²) in [7, 11) is -0.451. The van der Waals surface area contributed by atoms with Gasteiger partial charge in [0.25, 0.3) is 0 Å². The molecule has 17 heavy (non-hydrogen) atoms. The second-order valence-electron chi connectivity index (χ2n) is 4.15. The Morgan fingerprint density at radius 3 is 2.35 bits per heavy atom. The lowest BCUT2D eigenvalue weighted by molar-refractivity contribution is -0.127. The van der Waals surface area contributed by atoms with E-state index in [1.807, 2.05) is 6.07 Å². The summed E-state index contributed by atoms with van der Waals surface area (Å²) in [6, 6.07) is 1.93. The van der Waals surface area contributed by atoms with Gasteiger partial charge in [-0.25, -0.2) is 12.7 Å². The predicted octanol–water partition coefficient (Wildman–Crippen LogP) is -0.0661. The zero-order valence-corrected chi connectivity index (χ0v) is 11.5. The van der Waals surface area contributed by atoms with Crippen LogP contribution in [0.25, 0.3) is 0 Å². The van der Waals surface area contributed by atoms with E-state index in [1.165, 1.54) is 21.0 Å². The maximum absolute atomic E-state index is 11.6. The highest BCUT2D eigenvalue weighted by molar-refractivity contribution is 7.89. The van der Waals surface area contributed by atoms with Crippen LogP contribution in [-0.4, -0.2) is 45.0 Å². The van der Waals surface area contributed by atoms with Gasteiger partial charge in [0.2, 0.25) is 15.9 Å². The van der Waals surface area contributed by atoms with Gasteiger partial charge >= 0.3 is 0 Å². The Bertz CT molecular complexity index is 411. The first-order chi connectivity index (χ1) is 7.69. The van der Waals surface area contributed by atoms with Crippen molar-refractivity contribution >= 4 is 15.9 Å². The smallest absolute Gasteiger partial charge is 0.240 e. The first-order valence-electron chi connectivity index (χ1n) is 5.29. The minimum absolute atomic E-state index is 0.0105. The fourth-order valence-corrected chi connectivity index (χ4v) is 1.69. The van der Waals surface area contributed by atoms with E-state index in [4.69, 9.17) is 5.26 Å². The molecule has 0 aliphatic carbocycles. The van der Waals surface area contributed by atoms with Crippen LogP contribution in [0.5, 0.6) is 0 Å². The highest BCUT2D eigenvalue weighted by Gasteiger charge is 2.31. The third-order valence-corrected chi connectivity index (χ3v) is 4.49. The third kappa shape index (κ3) is 4.32. The van der Waals surface area contributed by atoms with Crippen LogP contribution in [-0.2, 0) is 14.8 Å². The lowest BCUT2D eigenvalue weighted by atomic mass is 9.88. The molecule has 0 aliphatic heterocycles. The second kappa shape index (κ2) is 5.98. The van der Waals surface area contributed by atoms with Crippen molar-refractivity contribution in [2.75, 3.05) is 26.4 Å². The molecule has 0 saturated carbocycles. The Hall–Kier alpha value is -1.13. The zero-order chi connectivity index (χ0) is 13.7. The van der Waals surface area contributed by atoms with Crippen molar-refractivity contribution in [1.82, 2.24) is 9.62 Å². The summed E-state index contributed by atoms with van der Waals surface area (Å²) in [5.74, 6) is -0.604. The molecule has 1 amide bonds. The van der Waals surface area contributed by atoms with Gasteiger partial charge in [-0.3, -0.25) is 4.79 Å². The van der Waals surface area contributed by atoms with Crippen LogP contribution in [0.15, 0.2) is 0 Å². The van der Waals surface area contributed by atoms with Gasteiger partial charge in [-0.2, -0.15) is 5.26 Å². The quantitative estimate of drug-likeness (QED) is 0.725. The van der Waals surface area contributed by atoms with Crippen LogP contribution < -0.4 is 5.32 Å². The van der Waals surface area contributed by atoms with E-state index in [2.05, 4.69) is 5.32 Å². The molecule has 6 nitrogen and oxygen atoms in total. The second-order valence-corrected chi connectivity index (χ2v) is 6.45. The zero-order valence-electron chi connectivity index (χ0n) is 10.6. The highest BCUT2D eigenvalue weighted by Crippen LogP contribution is 2.19. The van der Waals surface area contributed by atoms with Gasteiger partial charge in [-0.05, 0) is 13.3 Å². The Kier molecular flexibility index (Phi) is 5.58. The van der Waals surface area contributed by atoms with Gasteiger partial charge in [0.15, 0.2) is 0 Å². The van der Waals surface area contributed by atoms with Crippen molar-refractivity contribution in [2.24, 2.45) is 5.41 Å². The number of rotatable bonds is 6. The van der Waals surface area contributed by atoms with E-state index in [-0.39, 0.29) is 12.3 Å². The standard InChI is InChI=1S/C10H19N3O3S/c1-5-10(2,8-11)9(14)12-6-7-17(15,16)13(3)4/h5-7H2,1-4H3,(H,12,14). The molecule has 0 aromatic rings. The van der Waals surface area contributed by atoms with Crippen molar-refractivity contribution < 1.29 is 13.2 Å². The summed E-state index contributed by atoms with van der Waals surface area (Å²) in [5, 5.41) is 11.3. The molecule has 0 radical (unpaired) electrons. The minimum atomic E-state index is -3.32. The Balaban J connectivity index is 4.35. The van der Waals surface area contributed by atoms with Gasteiger partial charge in [0.1, 0.15) is 5.41 Å². The van der Waals surface area contributed by atoms with Gasteiger partial charge in [-0.1, -0.05) is 6.92 Å². The first-order valence-corrected chi connectivity index (χ1v) is 6.90. The van der Waals surface area contributed by atoms with Gasteiger partial charge in [0.05, 0.1) is 11.8 Å². The monoisotopic (exact) mass is 261 g/mol. The molecule has 7 heteroatoms. The number of nitrogens with zero attached hydrogens (tertiary/aromatic N) is 2. The van der Waals surface area contributed by atoms with E-state index >= 15 is 0 Å². The van der Waals surface area contributed by atoms with Gasteiger partial charge < -0.3 is 5.32 Å². The predicted molar refractivity (Wildman–Crippen MR) is 64.5 cm³/mol. The molecule has 0 aromatic heterocycles. The first kappa shape index (κ1) is 15.9. The van der Waals surface area contributed by atoms with Crippen molar-refractivity contribution in [3.8, 4) is 6.07 Å². The molecular weight excluding hydrogens is 242 g/mol. The average Bonchev–Trinajstić information content (AvgIpc) is 2.27. The molecular formula is C10H19N3O3S. The minimum Gasteiger partial charge on any atom is -0.354 e. The van der Waals surface area contributed by atoms with Crippen molar-refractivity contribution in [3.63, 3.8) is 0 Å². The van der Waals surface area contributed by atoms with Crippen LogP contribution in [0, 0.1) is 16.7 Å². The molecule has 0 heterocycles. The summed E-state index contributed by atoms with van der Waals surface area (Å²) in [5.41, 5.74) is -1.10. The molecule has 1 unspecified atom stereocenters. The molecule has 0 bridgehead atoms.